The van der Waals surface area contributed by atoms with E-state index in [1.54, 1.807) is 36.1 Å². The van der Waals surface area contributed by atoms with Crippen LogP contribution in [0.1, 0.15) is 6.92 Å². The van der Waals surface area contributed by atoms with Crippen molar-refractivity contribution in [2.45, 2.75) is 6.92 Å². The number of anilines is 1. The first-order valence-corrected chi connectivity index (χ1v) is 8.09. The highest BCUT2D eigenvalue weighted by molar-refractivity contribution is 9.10. The third-order valence-electron chi connectivity index (χ3n) is 3.59. The van der Waals surface area contributed by atoms with Crippen LogP contribution in [-0.4, -0.2) is 38.9 Å². The van der Waals surface area contributed by atoms with E-state index in [0.717, 1.165) is 4.47 Å². The van der Waals surface area contributed by atoms with Crippen LogP contribution in [0.3, 0.4) is 0 Å². The van der Waals surface area contributed by atoms with E-state index < -0.39 is 5.82 Å². The first-order chi connectivity index (χ1) is 11.5. The third kappa shape index (κ3) is 3.23. The number of benzene rings is 1. The Kier molecular flexibility index (Phi) is 4.48. The molecule has 0 aliphatic rings. The first-order valence-electron chi connectivity index (χ1n) is 7.30. The number of nitrogens with zero attached hydrogens (tertiary/aromatic N) is 4. The molecule has 0 fully saturated rings. The van der Waals surface area contributed by atoms with Crippen molar-refractivity contribution in [1.29, 1.82) is 0 Å². The molecular formula is C16H15BrFN5O. The van der Waals surface area contributed by atoms with Gasteiger partial charge in [-0.05, 0) is 41.1 Å². The minimum atomic E-state index is -0.417. The van der Waals surface area contributed by atoms with Crippen molar-refractivity contribution < 1.29 is 9.18 Å². The summed E-state index contributed by atoms with van der Waals surface area (Å²) in [7, 11) is 1.69. The molecule has 0 saturated carbocycles. The van der Waals surface area contributed by atoms with E-state index in [2.05, 4.69) is 31.2 Å². The van der Waals surface area contributed by atoms with Crippen molar-refractivity contribution in [2.24, 2.45) is 0 Å². The number of hydrogen-bond acceptors (Lipinski definition) is 3. The van der Waals surface area contributed by atoms with Gasteiger partial charge in [0, 0.05) is 43.4 Å². The van der Waals surface area contributed by atoms with Crippen LogP contribution in [0.25, 0.3) is 17.0 Å². The molecule has 0 bridgehead atoms. The molecule has 0 unspecified atom stereocenters. The molecule has 1 aromatic carbocycles. The molecule has 0 aliphatic heterocycles. The van der Waals surface area contributed by atoms with Gasteiger partial charge < -0.3 is 10.2 Å². The van der Waals surface area contributed by atoms with Crippen LogP contribution in [0.4, 0.5) is 14.9 Å². The van der Waals surface area contributed by atoms with Gasteiger partial charge in [-0.2, -0.15) is 0 Å². The second kappa shape index (κ2) is 6.56. The molecule has 0 aliphatic carbocycles. The summed E-state index contributed by atoms with van der Waals surface area (Å²) in [6.45, 7) is 2.45. The largest absolute Gasteiger partial charge is 0.328 e. The number of carbonyl (C=O) groups is 1. The van der Waals surface area contributed by atoms with Crippen molar-refractivity contribution >= 4 is 33.4 Å². The highest BCUT2D eigenvalue weighted by Crippen LogP contribution is 2.26. The van der Waals surface area contributed by atoms with E-state index >= 15 is 0 Å². The lowest BCUT2D eigenvalue weighted by Gasteiger charge is -2.15. The summed E-state index contributed by atoms with van der Waals surface area (Å²) in [4.78, 5) is 22.0. The van der Waals surface area contributed by atoms with Crippen LogP contribution < -0.4 is 5.32 Å². The summed E-state index contributed by atoms with van der Waals surface area (Å²) < 4.78 is 16.7. The lowest BCUT2D eigenvalue weighted by Crippen LogP contribution is -2.30. The molecule has 0 spiro atoms. The van der Waals surface area contributed by atoms with Crippen molar-refractivity contribution in [1.82, 2.24) is 19.3 Å². The molecule has 0 atom stereocenters. The molecule has 3 aromatic rings. The van der Waals surface area contributed by atoms with E-state index in [9.17, 15) is 9.18 Å². The van der Waals surface area contributed by atoms with Crippen LogP contribution >= 0.6 is 15.9 Å². The van der Waals surface area contributed by atoms with Gasteiger partial charge in [-0.15, -0.1) is 0 Å². The molecule has 124 valence electrons. The van der Waals surface area contributed by atoms with Crippen molar-refractivity contribution in [2.75, 3.05) is 18.9 Å². The molecule has 2 amide bonds. The van der Waals surface area contributed by atoms with E-state index in [1.165, 1.54) is 17.0 Å². The maximum absolute atomic E-state index is 14.2. The zero-order valence-corrected chi connectivity index (χ0v) is 14.7. The molecule has 0 radical (unpaired) electrons. The summed E-state index contributed by atoms with van der Waals surface area (Å²) >= 11 is 3.33. The fourth-order valence-corrected chi connectivity index (χ4v) is 2.47. The summed E-state index contributed by atoms with van der Waals surface area (Å²) in [5.74, 6) is 0.0482. The Morgan fingerprint density at radius 3 is 2.96 bits per heavy atom. The average Bonchev–Trinajstić information content (AvgIpc) is 2.98. The third-order valence-corrected chi connectivity index (χ3v) is 4.00. The summed E-state index contributed by atoms with van der Waals surface area (Å²) in [5, 5.41) is 2.74. The number of fused-ring (bicyclic) bond motifs is 1. The highest BCUT2D eigenvalue weighted by atomic mass is 79.9. The average molecular weight is 392 g/mol. The van der Waals surface area contributed by atoms with Gasteiger partial charge in [-0.1, -0.05) is 0 Å². The Morgan fingerprint density at radius 2 is 2.21 bits per heavy atom. The highest BCUT2D eigenvalue weighted by Gasteiger charge is 2.13. The predicted molar refractivity (Wildman–Crippen MR) is 93.4 cm³/mol. The molecule has 8 heteroatoms. The Balaban J connectivity index is 1.97. The van der Waals surface area contributed by atoms with Crippen molar-refractivity contribution in [3.8, 4) is 11.3 Å². The van der Waals surface area contributed by atoms with Crippen LogP contribution in [0.5, 0.6) is 0 Å². The fourth-order valence-electron chi connectivity index (χ4n) is 2.15. The number of hydrogen-bond donors (Lipinski definition) is 1. The number of imidazole rings is 1. The quantitative estimate of drug-likeness (QED) is 0.738. The number of halogens is 2. The van der Waals surface area contributed by atoms with E-state index in [4.69, 9.17) is 0 Å². The second-order valence-electron chi connectivity index (χ2n) is 5.24. The molecule has 2 heterocycles. The number of urea groups is 1. The Morgan fingerprint density at radius 1 is 1.42 bits per heavy atom. The number of rotatable bonds is 3. The maximum Gasteiger partial charge on any atom is 0.321 e. The minimum absolute atomic E-state index is 0.254. The summed E-state index contributed by atoms with van der Waals surface area (Å²) in [6, 6.07) is 4.14. The molecule has 6 nitrogen and oxygen atoms in total. The molecule has 1 N–H and O–H groups in total. The van der Waals surface area contributed by atoms with Gasteiger partial charge in [0.1, 0.15) is 5.82 Å². The van der Waals surface area contributed by atoms with Crippen LogP contribution in [0.15, 0.2) is 41.3 Å². The molecule has 0 saturated heterocycles. The van der Waals surface area contributed by atoms with Gasteiger partial charge in [0.2, 0.25) is 5.78 Å². The first kappa shape index (κ1) is 16.4. The lowest BCUT2D eigenvalue weighted by atomic mass is 10.1. The molecular weight excluding hydrogens is 377 g/mol. The monoisotopic (exact) mass is 391 g/mol. The predicted octanol–water partition coefficient (Wildman–Crippen LogP) is 3.78. The lowest BCUT2D eigenvalue weighted by molar-refractivity contribution is 0.224. The topological polar surface area (TPSA) is 62.5 Å². The second-order valence-corrected chi connectivity index (χ2v) is 6.16. The van der Waals surface area contributed by atoms with Crippen molar-refractivity contribution in [3.63, 3.8) is 0 Å². The van der Waals surface area contributed by atoms with Gasteiger partial charge in [0.25, 0.3) is 0 Å². The number of nitrogens with one attached hydrogen (secondary N) is 1. The van der Waals surface area contributed by atoms with Gasteiger partial charge >= 0.3 is 6.03 Å². The van der Waals surface area contributed by atoms with Gasteiger partial charge in [0.15, 0.2) is 0 Å². The van der Waals surface area contributed by atoms with Gasteiger partial charge in [-0.25, -0.2) is 19.2 Å². The summed E-state index contributed by atoms with van der Waals surface area (Å²) in [6.07, 6.45) is 5.10. The Hall–Kier alpha value is -2.48. The van der Waals surface area contributed by atoms with Gasteiger partial charge in [-0.3, -0.25) is 4.40 Å². The smallest absolute Gasteiger partial charge is 0.321 e. The maximum atomic E-state index is 14.2. The standard InChI is InChI=1S/C16H15BrFN5O/c1-3-22(2)16(24)20-11-4-5-13(18)12(6-11)14-9-23-8-10(17)7-19-15(23)21-14/h4-9H,3H2,1-2H3,(H,20,24). The van der Waals surface area contributed by atoms with Crippen LogP contribution in [0, 0.1) is 5.82 Å². The summed E-state index contributed by atoms with van der Waals surface area (Å²) in [5.41, 5.74) is 1.24. The van der Waals surface area contributed by atoms with Crippen LogP contribution in [0.2, 0.25) is 0 Å². The van der Waals surface area contributed by atoms with E-state index in [0.29, 0.717) is 29.3 Å². The fraction of sp³-hybridized carbons (Fsp3) is 0.188. The zero-order chi connectivity index (χ0) is 17.3. The number of amides is 2. The minimum Gasteiger partial charge on any atom is -0.328 e. The molecule has 24 heavy (non-hydrogen) atoms. The van der Waals surface area contributed by atoms with Crippen LogP contribution in [-0.2, 0) is 0 Å². The number of aromatic nitrogens is 3. The zero-order valence-electron chi connectivity index (χ0n) is 13.1. The number of carbonyl (C=O) groups excluding carboxylic acids is 1. The molecule has 2 aromatic heterocycles. The van der Waals surface area contributed by atoms with Crippen molar-refractivity contribution in [3.05, 3.63) is 47.1 Å². The molecule has 3 rings (SSSR count). The van der Waals surface area contributed by atoms with E-state index in [-0.39, 0.29) is 6.03 Å². The van der Waals surface area contributed by atoms with Gasteiger partial charge in [0.05, 0.1) is 10.2 Å². The Bertz CT molecular complexity index is 911. The van der Waals surface area contributed by atoms with E-state index in [1.807, 2.05) is 6.92 Å². The normalized spacial score (nSPS) is 10.8. The Labute approximate surface area is 146 Å². The SMILES string of the molecule is CCN(C)C(=O)Nc1ccc(F)c(-c2cn3cc(Br)cnc3n2)c1.